The fraction of sp³-hybridized carbons (Fsp3) is 0.793. The molecule has 2 aromatic rings. The van der Waals surface area contributed by atoms with Gasteiger partial charge in [0.05, 0.1) is 6.10 Å². The minimum absolute atomic E-state index is 0.0292. The predicted molar refractivity (Wildman–Crippen MR) is 136 cm³/mol. The van der Waals surface area contributed by atoms with Crippen LogP contribution < -0.4 is 0 Å². The molecule has 4 aliphatic rings. The third-order valence-electron chi connectivity index (χ3n) is 11.7. The second-order valence-corrected chi connectivity index (χ2v) is 13.1. The summed E-state index contributed by atoms with van der Waals surface area (Å²) < 4.78 is 1.44. The highest BCUT2D eigenvalue weighted by Gasteiger charge is 2.60. The molecule has 0 aromatic carbocycles. The molecule has 0 amide bonds. The number of aliphatic hydroxyl groups is 1. The summed E-state index contributed by atoms with van der Waals surface area (Å²) >= 11 is 0. The Kier molecular flexibility index (Phi) is 5.82. The van der Waals surface area contributed by atoms with E-state index in [1.165, 1.54) is 49.6 Å². The highest BCUT2D eigenvalue weighted by atomic mass is 16.3. The minimum Gasteiger partial charge on any atom is -0.393 e. The van der Waals surface area contributed by atoms with E-state index in [0.29, 0.717) is 40.3 Å². The van der Waals surface area contributed by atoms with Crippen LogP contribution in [0.15, 0.2) is 18.3 Å². The molecule has 6 nitrogen and oxygen atoms in total. The largest absolute Gasteiger partial charge is 0.393 e. The number of aromatic nitrogens is 4. The molecule has 35 heavy (non-hydrogen) atoms. The molecule has 2 aromatic heterocycles. The van der Waals surface area contributed by atoms with Gasteiger partial charge in [0.2, 0.25) is 11.6 Å². The van der Waals surface area contributed by atoms with E-state index in [1.54, 1.807) is 6.20 Å². The monoisotopic (exact) mass is 478 g/mol. The number of rotatable bonds is 4. The average Bonchev–Trinajstić information content (AvgIpc) is 3.44. The van der Waals surface area contributed by atoms with Crippen LogP contribution in [0.1, 0.15) is 96.2 Å². The standard InChI is InChI=1S/C29H42N4O2/c1-18(6-11-26(35)33-25-5-4-16-30-27(25)31-32-33)22-9-10-23-21-8-7-19-17-20(34)12-14-28(19,2)24(21)13-15-29(22,23)3/h4-5,16,18-24,34H,6-15,17H2,1-3H3/t18?,19-,20-,21+,22-,23?,24?,28+,29-/m1/s1. The molecule has 0 saturated heterocycles. The fourth-order valence-corrected chi connectivity index (χ4v) is 9.82. The summed E-state index contributed by atoms with van der Waals surface area (Å²) in [6, 6.07) is 3.70. The van der Waals surface area contributed by atoms with Crippen LogP contribution in [0.3, 0.4) is 0 Å². The molecule has 2 heterocycles. The van der Waals surface area contributed by atoms with Crippen molar-refractivity contribution in [2.24, 2.45) is 46.3 Å². The van der Waals surface area contributed by atoms with Gasteiger partial charge >= 0.3 is 0 Å². The first-order chi connectivity index (χ1) is 16.8. The van der Waals surface area contributed by atoms with Crippen LogP contribution in [0.4, 0.5) is 0 Å². The van der Waals surface area contributed by atoms with Crippen LogP contribution in [-0.2, 0) is 0 Å². The second kappa shape index (κ2) is 8.64. The van der Waals surface area contributed by atoms with E-state index in [1.807, 2.05) is 12.1 Å². The number of fused-ring (bicyclic) bond motifs is 6. The van der Waals surface area contributed by atoms with Gasteiger partial charge in [0, 0.05) is 12.6 Å². The Hall–Kier alpha value is -1.82. The number of nitrogens with zero attached hydrogens (tertiary/aromatic N) is 4. The lowest BCUT2D eigenvalue weighted by Crippen LogP contribution is -2.54. The van der Waals surface area contributed by atoms with Gasteiger partial charge in [-0.05, 0) is 123 Å². The van der Waals surface area contributed by atoms with Gasteiger partial charge in [0.15, 0.2) is 0 Å². The number of pyridine rings is 1. The van der Waals surface area contributed by atoms with Crippen molar-refractivity contribution in [1.29, 1.82) is 0 Å². The molecule has 4 fully saturated rings. The van der Waals surface area contributed by atoms with Crippen LogP contribution in [0.2, 0.25) is 0 Å². The van der Waals surface area contributed by atoms with Gasteiger partial charge in [-0.25, -0.2) is 4.98 Å². The first kappa shape index (κ1) is 23.6. The Bertz CT molecular complexity index is 1100. The second-order valence-electron chi connectivity index (χ2n) is 13.1. The van der Waals surface area contributed by atoms with Gasteiger partial charge in [-0.2, -0.15) is 4.68 Å². The van der Waals surface area contributed by atoms with E-state index in [2.05, 4.69) is 36.1 Å². The maximum atomic E-state index is 13.0. The molecule has 3 unspecified atom stereocenters. The predicted octanol–water partition coefficient (Wildman–Crippen LogP) is 5.90. The molecule has 6 heteroatoms. The number of hydrogen-bond acceptors (Lipinski definition) is 5. The SMILES string of the molecule is CC(CCC(=O)n1nnc2ncccc21)[C@H]1CCC2[C@@H]3CC[C@@H]4C[C@H](O)CC[C@]4(C)C3CC[C@@]21C. The van der Waals surface area contributed by atoms with Crippen LogP contribution in [0.5, 0.6) is 0 Å². The maximum Gasteiger partial charge on any atom is 0.248 e. The van der Waals surface area contributed by atoms with Gasteiger partial charge in [0.25, 0.3) is 0 Å². The Balaban J connectivity index is 1.13. The molecular formula is C29H42N4O2. The number of carbonyl (C=O) groups excluding carboxylic acids is 1. The zero-order chi connectivity index (χ0) is 24.4. The molecule has 4 saturated carbocycles. The summed E-state index contributed by atoms with van der Waals surface area (Å²) in [4.78, 5) is 17.2. The fourth-order valence-electron chi connectivity index (χ4n) is 9.82. The summed E-state index contributed by atoms with van der Waals surface area (Å²) in [7, 11) is 0. The molecule has 190 valence electrons. The van der Waals surface area contributed by atoms with E-state index in [4.69, 9.17) is 0 Å². The van der Waals surface area contributed by atoms with Gasteiger partial charge in [-0.3, -0.25) is 4.79 Å². The minimum atomic E-state index is -0.0651. The number of carbonyl (C=O) groups is 1. The topological polar surface area (TPSA) is 80.9 Å². The van der Waals surface area contributed by atoms with Gasteiger partial charge in [-0.1, -0.05) is 26.0 Å². The van der Waals surface area contributed by atoms with E-state index >= 15 is 0 Å². The lowest BCUT2D eigenvalue weighted by atomic mass is 9.44. The molecular weight excluding hydrogens is 436 g/mol. The zero-order valence-corrected chi connectivity index (χ0v) is 21.7. The van der Waals surface area contributed by atoms with Crippen LogP contribution in [0.25, 0.3) is 11.2 Å². The van der Waals surface area contributed by atoms with E-state index in [-0.39, 0.29) is 12.0 Å². The van der Waals surface area contributed by atoms with Crippen molar-refractivity contribution in [1.82, 2.24) is 20.0 Å². The molecule has 9 atom stereocenters. The molecule has 4 aliphatic carbocycles. The van der Waals surface area contributed by atoms with Gasteiger partial charge in [-0.15, -0.1) is 5.10 Å². The summed E-state index contributed by atoms with van der Waals surface area (Å²) in [5, 5.41) is 18.4. The molecule has 0 radical (unpaired) electrons. The summed E-state index contributed by atoms with van der Waals surface area (Å²) in [6.07, 6.45) is 14.4. The molecule has 0 bridgehead atoms. The van der Waals surface area contributed by atoms with Crippen molar-refractivity contribution in [3.63, 3.8) is 0 Å². The number of hydrogen-bond donors (Lipinski definition) is 1. The Morgan fingerprint density at radius 3 is 2.77 bits per heavy atom. The molecule has 6 rings (SSSR count). The smallest absolute Gasteiger partial charge is 0.248 e. The Morgan fingerprint density at radius 1 is 1.11 bits per heavy atom. The van der Waals surface area contributed by atoms with E-state index in [0.717, 1.165) is 42.9 Å². The van der Waals surface area contributed by atoms with Gasteiger partial charge in [0.1, 0.15) is 5.52 Å². The highest BCUT2D eigenvalue weighted by molar-refractivity contribution is 5.87. The van der Waals surface area contributed by atoms with E-state index < -0.39 is 0 Å². The Morgan fingerprint density at radius 2 is 1.91 bits per heavy atom. The molecule has 1 N–H and O–H groups in total. The lowest BCUT2D eigenvalue weighted by molar-refractivity contribution is -0.129. The van der Waals surface area contributed by atoms with Crippen molar-refractivity contribution < 1.29 is 9.90 Å². The van der Waals surface area contributed by atoms with Crippen molar-refractivity contribution in [3.8, 4) is 0 Å². The van der Waals surface area contributed by atoms with Crippen molar-refractivity contribution in [2.45, 2.75) is 97.5 Å². The van der Waals surface area contributed by atoms with Crippen molar-refractivity contribution in [3.05, 3.63) is 18.3 Å². The Labute approximate surface area is 209 Å². The van der Waals surface area contributed by atoms with Gasteiger partial charge < -0.3 is 5.11 Å². The molecule has 0 spiro atoms. The summed E-state index contributed by atoms with van der Waals surface area (Å²) in [6.45, 7) is 7.56. The first-order valence-electron chi connectivity index (χ1n) is 14.2. The summed E-state index contributed by atoms with van der Waals surface area (Å²) in [5.74, 6) is 4.53. The summed E-state index contributed by atoms with van der Waals surface area (Å²) in [5.41, 5.74) is 2.09. The van der Waals surface area contributed by atoms with Crippen molar-refractivity contribution in [2.75, 3.05) is 0 Å². The first-order valence-corrected chi connectivity index (χ1v) is 14.2. The lowest BCUT2D eigenvalue weighted by Gasteiger charge is -2.61. The maximum absolute atomic E-state index is 13.0. The van der Waals surface area contributed by atoms with Crippen LogP contribution >= 0.6 is 0 Å². The zero-order valence-electron chi connectivity index (χ0n) is 21.7. The normalized spacial score (nSPS) is 41.7. The van der Waals surface area contributed by atoms with E-state index in [9.17, 15) is 9.90 Å². The quantitative estimate of drug-likeness (QED) is 0.591. The third-order valence-corrected chi connectivity index (χ3v) is 11.7. The van der Waals surface area contributed by atoms with Crippen molar-refractivity contribution >= 4 is 17.1 Å². The average molecular weight is 479 g/mol. The van der Waals surface area contributed by atoms with Crippen LogP contribution in [-0.4, -0.2) is 37.1 Å². The third kappa shape index (κ3) is 3.69. The number of aliphatic hydroxyl groups excluding tert-OH is 1. The van der Waals surface area contributed by atoms with Crippen LogP contribution in [0, 0.1) is 46.3 Å². The highest BCUT2D eigenvalue weighted by Crippen LogP contribution is 2.68. The molecule has 0 aliphatic heterocycles.